The molecule has 0 saturated heterocycles. The number of hydrogen-bond acceptors (Lipinski definition) is 3. The molecule has 4 nitrogen and oxygen atoms in total. The van der Waals surface area contributed by atoms with Crippen LogP contribution in [0.3, 0.4) is 0 Å². The fourth-order valence-corrected chi connectivity index (χ4v) is 1.57. The van der Waals surface area contributed by atoms with Crippen LogP contribution >= 0.6 is 0 Å². The molecule has 1 heterocycles. The molecule has 0 aliphatic heterocycles. The average molecular weight is 259 g/mol. The molecule has 1 aromatic heterocycles. The van der Waals surface area contributed by atoms with E-state index in [2.05, 4.69) is 12.2 Å². The van der Waals surface area contributed by atoms with Gasteiger partial charge in [0.15, 0.2) is 5.76 Å². The molecule has 0 spiro atoms. The van der Waals surface area contributed by atoms with E-state index in [9.17, 15) is 4.79 Å². The van der Waals surface area contributed by atoms with Crippen LogP contribution in [0.25, 0.3) is 0 Å². The predicted molar refractivity (Wildman–Crippen MR) is 73.5 cm³/mol. The Morgan fingerprint density at radius 2 is 2.05 bits per heavy atom. The zero-order chi connectivity index (χ0) is 13.5. The first-order valence-corrected chi connectivity index (χ1v) is 6.37. The minimum Gasteiger partial charge on any atom is -0.494 e. The maximum absolute atomic E-state index is 11.7. The minimum atomic E-state index is -0.260. The summed E-state index contributed by atoms with van der Waals surface area (Å²) in [5, 5.41) is 2.75. The van der Waals surface area contributed by atoms with Crippen molar-refractivity contribution in [2.45, 2.75) is 19.8 Å². The zero-order valence-corrected chi connectivity index (χ0v) is 10.9. The molecule has 1 amide bonds. The molecule has 100 valence electrons. The van der Waals surface area contributed by atoms with E-state index >= 15 is 0 Å². The number of ether oxygens (including phenoxy) is 1. The molecule has 0 radical (unpaired) electrons. The van der Waals surface area contributed by atoms with Crippen molar-refractivity contribution in [2.24, 2.45) is 0 Å². The van der Waals surface area contributed by atoms with E-state index in [0.717, 1.165) is 18.6 Å². The average Bonchev–Trinajstić information content (AvgIpc) is 2.95. The van der Waals surface area contributed by atoms with Crippen molar-refractivity contribution < 1.29 is 13.9 Å². The molecule has 1 N–H and O–H groups in total. The van der Waals surface area contributed by atoms with Crippen LogP contribution in [0.1, 0.15) is 30.3 Å². The number of nitrogens with one attached hydrogen (secondary N) is 1. The van der Waals surface area contributed by atoms with Crippen LogP contribution in [0.2, 0.25) is 0 Å². The van der Waals surface area contributed by atoms with Crippen LogP contribution < -0.4 is 10.1 Å². The van der Waals surface area contributed by atoms with Gasteiger partial charge >= 0.3 is 0 Å². The summed E-state index contributed by atoms with van der Waals surface area (Å²) in [6.07, 6.45) is 3.62. The number of rotatable bonds is 6. The molecule has 1 aromatic carbocycles. The lowest BCUT2D eigenvalue weighted by molar-refractivity contribution is 0.0996. The summed E-state index contributed by atoms with van der Waals surface area (Å²) in [7, 11) is 0. The van der Waals surface area contributed by atoms with Crippen molar-refractivity contribution in [3.63, 3.8) is 0 Å². The van der Waals surface area contributed by atoms with E-state index in [1.54, 1.807) is 12.1 Å². The normalized spacial score (nSPS) is 10.2. The fourth-order valence-electron chi connectivity index (χ4n) is 1.57. The molecule has 4 heteroatoms. The second-order valence-electron chi connectivity index (χ2n) is 4.16. The number of hydrogen-bond donors (Lipinski definition) is 1. The highest BCUT2D eigenvalue weighted by Gasteiger charge is 2.08. The van der Waals surface area contributed by atoms with Gasteiger partial charge in [0.05, 0.1) is 12.9 Å². The number of benzene rings is 1. The Morgan fingerprint density at radius 1 is 1.26 bits per heavy atom. The van der Waals surface area contributed by atoms with Gasteiger partial charge in [-0.1, -0.05) is 13.3 Å². The minimum absolute atomic E-state index is 0.260. The van der Waals surface area contributed by atoms with E-state index < -0.39 is 0 Å². The third kappa shape index (κ3) is 3.88. The van der Waals surface area contributed by atoms with E-state index in [0.29, 0.717) is 18.1 Å². The monoisotopic (exact) mass is 259 g/mol. The zero-order valence-electron chi connectivity index (χ0n) is 10.9. The molecule has 2 aromatic rings. The Labute approximate surface area is 112 Å². The lowest BCUT2D eigenvalue weighted by Gasteiger charge is -2.07. The van der Waals surface area contributed by atoms with Gasteiger partial charge in [-0.05, 0) is 42.8 Å². The smallest absolute Gasteiger partial charge is 0.291 e. The SMILES string of the molecule is CCCCOc1ccc(NC(=O)c2ccco2)cc1. The van der Waals surface area contributed by atoms with Crippen molar-refractivity contribution in [1.82, 2.24) is 0 Å². The molecule has 2 rings (SSSR count). The number of amides is 1. The van der Waals surface area contributed by atoms with Crippen molar-refractivity contribution in [1.29, 1.82) is 0 Å². The van der Waals surface area contributed by atoms with Gasteiger partial charge in [0.2, 0.25) is 0 Å². The van der Waals surface area contributed by atoms with Gasteiger partial charge in [-0.2, -0.15) is 0 Å². The van der Waals surface area contributed by atoms with Gasteiger partial charge in [0.1, 0.15) is 5.75 Å². The number of furan rings is 1. The quantitative estimate of drug-likeness (QED) is 0.804. The second-order valence-corrected chi connectivity index (χ2v) is 4.16. The maximum Gasteiger partial charge on any atom is 0.291 e. The topological polar surface area (TPSA) is 51.5 Å². The van der Waals surface area contributed by atoms with Gasteiger partial charge in [-0.25, -0.2) is 0 Å². The standard InChI is InChI=1S/C15H17NO3/c1-2-3-10-18-13-8-6-12(7-9-13)16-15(17)14-5-4-11-19-14/h4-9,11H,2-3,10H2,1H3,(H,16,17). The molecule has 0 bridgehead atoms. The van der Waals surface area contributed by atoms with Crippen LogP contribution in [0.4, 0.5) is 5.69 Å². The molecule has 0 aliphatic carbocycles. The Hall–Kier alpha value is -2.23. The Kier molecular flexibility index (Phi) is 4.61. The Morgan fingerprint density at radius 3 is 2.68 bits per heavy atom. The van der Waals surface area contributed by atoms with Crippen LogP contribution in [-0.2, 0) is 0 Å². The van der Waals surface area contributed by atoms with Crippen LogP contribution in [0, 0.1) is 0 Å². The van der Waals surface area contributed by atoms with Crippen molar-refractivity contribution in [3.8, 4) is 5.75 Å². The van der Waals surface area contributed by atoms with Crippen molar-refractivity contribution >= 4 is 11.6 Å². The van der Waals surface area contributed by atoms with E-state index in [1.807, 2.05) is 24.3 Å². The number of unbranched alkanes of at least 4 members (excludes halogenated alkanes) is 1. The predicted octanol–water partition coefficient (Wildman–Crippen LogP) is 3.71. The first kappa shape index (κ1) is 13.2. The molecule has 0 unspecified atom stereocenters. The van der Waals surface area contributed by atoms with E-state index in [-0.39, 0.29) is 5.91 Å². The first-order chi connectivity index (χ1) is 9.29. The molecule has 0 fully saturated rings. The highest BCUT2D eigenvalue weighted by molar-refractivity contribution is 6.02. The largest absolute Gasteiger partial charge is 0.494 e. The number of carbonyl (C=O) groups excluding carboxylic acids is 1. The van der Waals surface area contributed by atoms with Gasteiger partial charge < -0.3 is 14.5 Å². The Bertz CT molecular complexity index is 503. The van der Waals surface area contributed by atoms with Crippen LogP contribution in [0.15, 0.2) is 47.1 Å². The summed E-state index contributed by atoms with van der Waals surface area (Å²) in [4.78, 5) is 11.7. The Balaban J connectivity index is 1.90. The molecule has 0 saturated carbocycles. The van der Waals surface area contributed by atoms with Gasteiger partial charge in [-0.3, -0.25) is 4.79 Å². The molecule has 0 aliphatic rings. The third-order valence-electron chi connectivity index (χ3n) is 2.62. The van der Waals surface area contributed by atoms with Crippen molar-refractivity contribution in [2.75, 3.05) is 11.9 Å². The lowest BCUT2D eigenvalue weighted by Crippen LogP contribution is -2.10. The maximum atomic E-state index is 11.7. The molecule has 19 heavy (non-hydrogen) atoms. The van der Waals surface area contributed by atoms with Gasteiger partial charge in [-0.15, -0.1) is 0 Å². The van der Waals surface area contributed by atoms with Crippen LogP contribution in [0.5, 0.6) is 5.75 Å². The van der Waals surface area contributed by atoms with E-state index in [1.165, 1.54) is 6.26 Å². The molecule has 0 atom stereocenters. The molecular formula is C15H17NO3. The summed E-state index contributed by atoms with van der Waals surface area (Å²) >= 11 is 0. The summed E-state index contributed by atoms with van der Waals surface area (Å²) in [6, 6.07) is 10.6. The third-order valence-corrected chi connectivity index (χ3v) is 2.62. The van der Waals surface area contributed by atoms with Crippen LogP contribution in [-0.4, -0.2) is 12.5 Å². The summed E-state index contributed by atoms with van der Waals surface area (Å²) in [5.74, 6) is 0.845. The van der Waals surface area contributed by atoms with Crippen molar-refractivity contribution in [3.05, 3.63) is 48.4 Å². The highest BCUT2D eigenvalue weighted by Crippen LogP contribution is 2.17. The highest BCUT2D eigenvalue weighted by atomic mass is 16.5. The summed E-state index contributed by atoms with van der Waals surface area (Å²) < 4.78 is 10.6. The second kappa shape index (κ2) is 6.64. The number of carbonyl (C=O) groups is 1. The fraction of sp³-hybridized carbons (Fsp3) is 0.267. The van der Waals surface area contributed by atoms with Gasteiger partial charge in [0.25, 0.3) is 5.91 Å². The van der Waals surface area contributed by atoms with E-state index in [4.69, 9.17) is 9.15 Å². The first-order valence-electron chi connectivity index (χ1n) is 6.37. The number of anilines is 1. The lowest BCUT2D eigenvalue weighted by atomic mass is 10.3. The summed E-state index contributed by atoms with van der Waals surface area (Å²) in [6.45, 7) is 2.84. The summed E-state index contributed by atoms with van der Waals surface area (Å²) in [5.41, 5.74) is 0.712. The molecular weight excluding hydrogens is 242 g/mol. The van der Waals surface area contributed by atoms with Gasteiger partial charge in [0, 0.05) is 5.69 Å².